The Balaban J connectivity index is 1.69. The van der Waals surface area contributed by atoms with Crippen molar-refractivity contribution in [3.63, 3.8) is 0 Å². The highest BCUT2D eigenvalue weighted by atomic mass is 16.1. The second-order valence-corrected chi connectivity index (χ2v) is 10.1. The number of hydrogen-bond donors (Lipinski definition) is 0. The van der Waals surface area contributed by atoms with Gasteiger partial charge in [0.2, 0.25) is 0 Å². The average Bonchev–Trinajstić information content (AvgIpc) is 2.94. The van der Waals surface area contributed by atoms with Crippen LogP contribution < -0.4 is 0 Å². The molecule has 4 rings (SSSR count). The van der Waals surface area contributed by atoms with Gasteiger partial charge in [0.1, 0.15) is 5.78 Å². The monoisotopic (exact) mass is 352 g/mol. The van der Waals surface area contributed by atoms with Crippen LogP contribution in [-0.2, 0) is 4.79 Å². The van der Waals surface area contributed by atoms with E-state index in [-0.39, 0.29) is 5.41 Å². The van der Waals surface area contributed by atoms with E-state index >= 15 is 0 Å². The van der Waals surface area contributed by atoms with E-state index in [1.54, 1.807) is 5.57 Å². The lowest BCUT2D eigenvalue weighted by Gasteiger charge is -2.58. The first kappa shape index (κ1) is 18.3. The highest BCUT2D eigenvalue weighted by Gasteiger charge is 2.60. The van der Waals surface area contributed by atoms with Gasteiger partial charge in [-0.3, -0.25) is 4.79 Å². The van der Waals surface area contributed by atoms with Crippen LogP contribution in [0.3, 0.4) is 0 Å². The van der Waals surface area contributed by atoms with Crippen LogP contribution >= 0.6 is 0 Å². The smallest absolute Gasteiger partial charge is 0.133 e. The first-order chi connectivity index (χ1) is 12.3. The fourth-order valence-corrected chi connectivity index (χ4v) is 7.70. The predicted octanol–water partition coefficient (Wildman–Crippen LogP) is 6.66. The quantitative estimate of drug-likeness (QED) is 0.543. The summed E-state index contributed by atoms with van der Waals surface area (Å²) in [5, 5.41) is 0. The van der Waals surface area contributed by atoms with Gasteiger partial charge in [-0.15, -0.1) is 0 Å². The summed E-state index contributed by atoms with van der Waals surface area (Å²) in [6, 6.07) is 0. The Hall–Kier alpha value is -1.11. The molecule has 0 aromatic carbocycles. The number of Topliss-reactive ketones (excluding diaryl/α,β-unsaturated/α-hetero) is 1. The molecule has 0 aromatic heterocycles. The Morgan fingerprint density at radius 3 is 2.69 bits per heavy atom. The number of allylic oxidation sites excluding steroid dienone is 5. The molecular formula is C25H36O. The van der Waals surface area contributed by atoms with Crippen LogP contribution in [0, 0.1) is 34.5 Å². The summed E-state index contributed by atoms with van der Waals surface area (Å²) < 4.78 is 0. The Morgan fingerprint density at radius 1 is 1.23 bits per heavy atom. The van der Waals surface area contributed by atoms with Gasteiger partial charge >= 0.3 is 0 Å². The molecule has 0 bridgehead atoms. The third-order valence-corrected chi connectivity index (χ3v) is 8.95. The van der Waals surface area contributed by atoms with Crippen LogP contribution in [-0.4, -0.2) is 5.78 Å². The largest absolute Gasteiger partial charge is 0.300 e. The Bertz CT molecular complexity index is 695. The summed E-state index contributed by atoms with van der Waals surface area (Å²) in [5.41, 5.74) is 5.03. The minimum absolute atomic E-state index is 0.243. The van der Waals surface area contributed by atoms with Gasteiger partial charge in [0.15, 0.2) is 0 Å². The molecule has 4 aliphatic rings. The van der Waals surface area contributed by atoms with Crippen LogP contribution in [0.2, 0.25) is 0 Å². The molecule has 4 aliphatic carbocycles. The molecule has 0 radical (unpaired) electrons. The van der Waals surface area contributed by atoms with Gasteiger partial charge in [0, 0.05) is 5.92 Å². The molecule has 0 aliphatic heterocycles. The van der Waals surface area contributed by atoms with E-state index in [2.05, 4.69) is 39.5 Å². The van der Waals surface area contributed by atoms with Gasteiger partial charge in [0.25, 0.3) is 0 Å². The first-order valence-electron chi connectivity index (χ1n) is 10.9. The van der Waals surface area contributed by atoms with E-state index in [0.29, 0.717) is 17.1 Å². The van der Waals surface area contributed by atoms with Gasteiger partial charge in [-0.25, -0.2) is 0 Å². The molecule has 6 atom stereocenters. The van der Waals surface area contributed by atoms with Crippen molar-refractivity contribution in [2.24, 2.45) is 34.5 Å². The lowest BCUT2D eigenvalue weighted by atomic mass is 9.46. The molecule has 0 aromatic rings. The molecule has 3 fully saturated rings. The van der Waals surface area contributed by atoms with Crippen LogP contribution in [0.5, 0.6) is 0 Å². The molecule has 3 saturated carbocycles. The fourth-order valence-electron chi connectivity index (χ4n) is 7.70. The minimum atomic E-state index is 0.243. The van der Waals surface area contributed by atoms with E-state index in [1.807, 2.05) is 6.92 Å². The zero-order valence-electron chi connectivity index (χ0n) is 17.2. The van der Waals surface area contributed by atoms with Crippen molar-refractivity contribution in [3.8, 4) is 0 Å². The van der Waals surface area contributed by atoms with Gasteiger partial charge in [0.05, 0.1) is 0 Å². The van der Waals surface area contributed by atoms with Crippen molar-refractivity contribution in [3.05, 3.63) is 35.5 Å². The molecule has 0 saturated heterocycles. The lowest BCUT2D eigenvalue weighted by molar-refractivity contribution is -0.127. The molecule has 0 N–H and O–H groups in total. The maximum atomic E-state index is 12.3. The SMILES string of the molecule is C=C1CC2C(CCC3(C)C(C(C)=O)CCC23)C2(C)CC/C(=C\CC)C=C12. The van der Waals surface area contributed by atoms with Crippen molar-refractivity contribution in [2.75, 3.05) is 0 Å². The third-order valence-electron chi connectivity index (χ3n) is 8.95. The van der Waals surface area contributed by atoms with Gasteiger partial charge in [-0.1, -0.05) is 50.6 Å². The standard InChI is InChI=1S/C25H36O/c1-6-7-18-10-12-25(5)22-11-13-24(4)20(17(3)26)8-9-21(24)19(22)14-16(2)23(25)15-18/h7,15,19-22H,2,6,8-14H2,1,3-5H3/b18-7+. The van der Waals surface area contributed by atoms with E-state index in [9.17, 15) is 4.79 Å². The van der Waals surface area contributed by atoms with Gasteiger partial charge in [-0.05, 0) is 92.4 Å². The van der Waals surface area contributed by atoms with Crippen molar-refractivity contribution in [1.82, 2.24) is 0 Å². The summed E-state index contributed by atoms with van der Waals surface area (Å²) >= 11 is 0. The Morgan fingerprint density at radius 2 is 2.00 bits per heavy atom. The average molecular weight is 353 g/mol. The summed E-state index contributed by atoms with van der Waals surface area (Å²) in [6.45, 7) is 13.6. The summed E-state index contributed by atoms with van der Waals surface area (Å²) in [5.74, 6) is 2.98. The molecule has 0 spiro atoms. The number of hydrogen-bond acceptors (Lipinski definition) is 1. The summed E-state index contributed by atoms with van der Waals surface area (Å²) in [4.78, 5) is 12.3. The normalized spacial score (nSPS) is 46.4. The molecule has 26 heavy (non-hydrogen) atoms. The highest BCUT2D eigenvalue weighted by Crippen LogP contribution is 2.67. The number of ketones is 1. The molecule has 0 heterocycles. The van der Waals surface area contributed by atoms with Crippen LogP contribution in [0.4, 0.5) is 0 Å². The molecule has 6 unspecified atom stereocenters. The van der Waals surface area contributed by atoms with Crippen molar-refractivity contribution in [1.29, 1.82) is 0 Å². The number of fused-ring (bicyclic) bond motifs is 5. The van der Waals surface area contributed by atoms with Crippen molar-refractivity contribution in [2.45, 2.75) is 79.1 Å². The molecule has 1 heteroatoms. The van der Waals surface area contributed by atoms with E-state index in [0.717, 1.165) is 37.0 Å². The maximum absolute atomic E-state index is 12.3. The number of carbonyl (C=O) groups is 1. The number of rotatable bonds is 2. The Kier molecular flexibility index (Phi) is 4.36. The van der Waals surface area contributed by atoms with E-state index < -0.39 is 0 Å². The highest BCUT2D eigenvalue weighted by molar-refractivity contribution is 5.79. The van der Waals surface area contributed by atoms with E-state index in [1.165, 1.54) is 43.3 Å². The summed E-state index contributed by atoms with van der Waals surface area (Å²) in [6.07, 6.45) is 14.6. The molecule has 142 valence electrons. The molecule has 0 amide bonds. The van der Waals surface area contributed by atoms with E-state index in [4.69, 9.17) is 0 Å². The zero-order valence-corrected chi connectivity index (χ0v) is 17.2. The van der Waals surface area contributed by atoms with Crippen molar-refractivity contribution >= 4 is 5.78 Å². The first-order valence-corrected chi connectivity index (χ1v) is 10.9. The number of carbonyl (C=O) groups excluding carboxylic acids is 1. The lowest BCUT2D eigenvalue weighted by Crippen LogP contribution is -2.51. The summed E-state index contributed by atoms with van der Waals surface area (Å²) in [7, 11) is 0. The van der Waals surface area contributed by atoms with Gasteiger partial charge in [-0.2, -0.15) is 0 Å². The predicted molar refractivity (Wildman–Crippen MR) is 109 cm³/mol. The van der Waals surface area contributed by atoms with Crippen LogP contribution in [0.25, 0.3) is 0 Å². The molecule has 1 nitrogen and oxygen atoms in total. The van der Waals surface area contributed by atoms with Gasteiger partial charge < -0.3 is 0 Å². The minimum Gasteiger partial charge on any atom is -0.300 e. The topological polar surface area (TPSA) is 17.1 Å². The van der Waals surface area contributed by atoms with Crippen molar-refractivity contribution < 1.29 is 4.79 Å². The second-order valence-electron chi connectivity index (χ2n) is 10.1. The fraction of sp³-hybridized carbons (Fsp3) is 0.720. The third kappa shape index (κ3) is 2.45. The molecular weight excluding hydrogens is 316 g/mol. The zero-order chi connectivity index (χ0) is 18.7. The maximum Gasteiger partial charge on any atom is 0.133 e. The second kappa shape index (κ2) is 6.21. The Labute approximate surface area is 160 Å². The van der Waals surface area contributed by atoms with Crippen LogP contribution in [0.15, 0.2) is 35.5 Å². The van der Waals surface area contributed by atoms with Crippen LogP contribution in [0.1, 0.15) is 79.1 Å².